The lowest BCUT2D eigenvalue weighted by Crippen LogP contribution is -2.46. The van der Waals surface area contributed by atoms with Gasteiger partial charge in [0.25, 0.3) is 5.91 Å². The van der Waals surface area contributed by atoms with Gasteiger partial charge in [0.2, 0.25) is 0 Å². The van der Waals surface area contributed by atoms with Crippen LogP contribution in [0.3, 0.4) is 0 Å². The third-order valence-corrected chi connectivity index (χ3v) is 2.61. The zero-order chi connectivity index (χ0) is 17.5. The number of carbonyl (C=O) groups is 3. The van der Waals surface area contributed by atoms with E-state index in [0.717, 1.165) is 5.56 Å². The maximum Gasteiger partial charge on any atom is 0.408 e. The topological polar surface area (TPSA) is 108 Å². The molecule has 0 bridgehead atoms. The molecule has 1 atom stereocenters. The van der Waals surface area contributed by atoms with Gasteiger partial charge in [-0.25, -0.2) is 9.59 Å². The third kappa shape index (κ3) is 7.85. The summed E-state index contributed by atoms with van der Waals surface area (Å²) < 4.78 is 9.92. The number of benzene rings is 1. The summed E-state index contributed by atoms with van der Waals surface area (Å²) >= 11 is 0. The van der Waals surface area contributed by atoms with E-state index in [4.69, 9.17) is 15.2 Å². The number of hydrogen-bond donors (Lipinski definition) is 2. The molecule has 0 aliphatic rings. The molecule has 7 nitrogen and oxygen atoms in total. The summed E-state index contributed by atoms with van der Waals surface area (Å²) in [5, 5.41) is 2.46. The number of hydrogen-bond acceptors (Lipinski definition) is 5. The van der Waals surface area contributed by atoms with Gasteiger partial charge in [0, 0.05) is 6.42 Å². The van der Waals surface area contributed by atoms with Crippen molar-refractivity contribution in [2.24, 2.45) is 5.73 Å². The molecule has 1 aromatic rings. The van der Waals surface area contributed by atoms with Crippen LogP contribution in [0.4, 0.5) is 4.79 Å². The Morgan fingerprint density at radius 1 is 1.17 bits per heavy atom. The molecule has 23 heavy (non-hydrogen) atoms. The first-order chi connectivity index (χ1) is 10.7. The second-order valence-electron chi connectivity index (χ2n) is 5.96. The van der Waals surface area contributed by atoms with Gasteiger partial charge in [-0.1, -0.05) is 30.3 Å². The first-order valence-electron chi connectivity index (χ1n) is 7.16. The van der Waals surface area contributed by atoms with Crippen LogP contribution in [0.1, 0.15) is 26.3 Å². The summed E-state index contributed by atoms with van der Waals surface area (Å²) in [4.78, 5) is 34.6. The maximum absolute atomic E-state index is 12.1. The highest BCUT2D eigenvalue weighted by atomic mass is 16.6. The minimum Gasteiger partial charge on any atom is -0.454 e. The van der Waals surface area contributed by atoms with E-state index in [1.165, 1.54) is 0 Å². The number of primary amides is 1. The molecule has 0 saturated heterocycles. The Kier molecular flexibility index (Phi) is 6.56. The molecule has 0 aliphatic heterocycles. The SMILES string of the molecule is CC(C)(C)OC(=O)N[C@@H](Cc1ccccc1)C(=O)OCC(N)=O. The zero-order valence-corrected chi connectivity index (χ0v) is 13.5. The highest BCUT2D eigenvalue weighted by Gasteiger charge is 2.26. The lowest BCUT2D eigenvalue weighted by molar-refractivity contribution is -0.149. The van der Waals surface area contributed by atoms with Crippen LogP contribution in [0.5, 0.6) is 0 Å². The number of rotatable bonds is 6. The predicted molar refractivity (Wildman–Crippen MR) is 83.5 cm³/mol. The first kappa shape index (κ1) is 18.5. The molecule has 0 aliphatic carbocycles. The van der Waals surface area contributed by atoms with E-state index < -0.39 is 36.2 Å². The predicted octanol–water partition coefficient (Wildman–Crippen LogP) is 1.15. The minimum atomic E-state index is -0.980. The summed E-state index contributed by atoms with van der Waals surface area (Å²) in [6.45, 7) is 4.60. The zero-order valence-electron chi connectivity index (χ0n) is 13.5. The van der Waals surface area contributed by atoms with Gasteiger partial charge < -0.3 is 20.5 Å². The van der Waals surface area contributed by atoms with Crippen LogP contribution < -0.4 is 11.1 Å². The van der Waals surface area contributed by atoms with Crippen molar-refractivity contribution in [2.75, 3.05) is 6.61 Å². The maximum atomic E-state index is 12.1. The highest BCUT2D eigenvalue weighted by Crippen LogP contribution is 2.09. The standard InChI is InChI=1S/C16H22N2O5/c1-16(2,3)23-15(21)18-12(14(20)22-10-13(17)19)9-11-7-5-4-6-8-11/h4-8,12H,9-10H2,1-3H3,(H2,17,19)(H,18,21)/t12-/m0/s1. The first-order valence-corrected chi connectivity index (χ1v) is 7.16. The van der Waals surface area contributed by atoms with Crippen LogP contribution in [-0.2, 0) is 25.5 Å². The van der Waals surface area contributed by atoms with Crippen molar-refractivity contribution in [3.05, 3.63) is 35.9 Å². The average Bonchev–Trinajstić information content (AvgIpc) is 2.43. The lowest BCUT2D eigenvalue weighted by atomic mass is 10.1. The molecule has 0 heterocycles. The van der Waals surface area contributed by atoms with Crippen LogP contribution >= 0.6 is 0 Å². The van der Waals surface area contributed by atoms with Crippen molar-refractivity contribution in [1.29, 1.82) is 0 Å². The van der Waals surface area contributed by atoms with Gasteiger partial charge in [0.05, 0.1) is 0 Å². The Balaban J connectivity index is 2.77. The Morgan fingerprint density at radius 3 is 2.30 bits per heavy atom. The number of nitrogens with two attached hydrogens (primary N) is 1. The molecule has 7 heteroatoms. The summed E-state index contributed by atoms with van der Waals surface area (Å²) in [5.74, 6) is -1.52. The number of carbonyl (C=O) groups excluding carboxylic acids is 3. The van der Waals surface area contributed by atoms with Crippen LogP contribution in [0.15, 0.2) is 30.3 Å². The van der Waals surface area contributed by atoms with Crippen molar-refractivity contribution < 1.29 is 23.9 Å². The molecule has 1 rings (SSSR count). The molecule has 1 aromatic carbocycles. The molecule has 0 radical (unpaired) electrons. The summed E-state index contributed by atoms with van der Waals surface area (Å²) in [6, 6.07) is 8.11. The van der Waals surface area contributed by atoms with Crippen molar-refractivity contribution >= 4 is 18.0 Å². The Hall–Kier alpha value is -2.57. The van der Waals surface area contributed by atoms with Gasteiger partial charge in [-0.05, 0) is 26.3 Å². The monoisotopic (exact) mass is 322 g/mol. The second kappa shape index (κ2) is 8.17. The number of ether oxygens (including phenoxy) is 2. The van der Waals surface area contributed by atoms with Gasteiger partial charge in [0.15, 0.2) is 6.61 Å². The summed E-state index contributed by atoms with van der Waals surface area (Å²) in [7, 11) is 0. The molecule has 0 saturated carbocycles. The van der Waals surface area contributed by atoms with Gasteiger partial charge >= 0.3 is 12.1 Å². The van der Waals surface area contributed by atoms with Crippen LogP contribution in [-0.4, -0.2) is 36.2 Å². The molecule has 0 aromatic heterocycles. The van der Waals surface area contributed by atoms with Crippen LogP contribution in [0, 0.1) is 0 Å². The van der Waals surface area contributed by atoms with E-state index in [1.807, 2.05) is 30.3 Å². The number of esters is 1. The van der Waals surface area contributed by atoms with Crippen molar-refractivity contribution in [2.45, 2.75) is 38.8 Å². The molecule has 0 spiro atoms. The van der Waals surface area contributed by atoms with Crippen molar-refractivity contribution in [1.82, 2.24) is 5.32 Å². The largest absolute Gasteiger partial charge is 0.454 e. The van der Waals surface area contributed by atoms with Crippen LogP contribution in [0.25, 0.3) is 0 Å². The van der Waals surface area contributed by atoms with Crippen molar-refractivity contribution in [3.8, 4) is 0 Å². The van der Waals surface area contributed by atoms with Crippen molar-refractivity contribution in [3.63, 3.8) is 0 Å². The van der Waals surface area contributed by atoms with E-state index in [9.17, 15) is 14.4 Å². The van der Waals surface area contributed by atoms with E-state index >= 15 is 0 Å². The van der Waals surface area contributed by atoms with E-state index in [-0.39, 0.29) is 6.42 Å². The van der Waals surface area contributed by atoms with Gasteiger partial charge in [-0.2, -0.15) is 0 Å². The fourth-order valence-corrected chi connectivity index (χ4v) is 1.74. The molecule has 3 N–H and O–H groups in total. The Morgan fingerprint density at radius 2 is 1.78 bits per heavy atom. The highest BCUT2D eigenvalue weighted by molar-refractivity contribution is 5.84. The second-order valence-corrected chi connectivity index (χ2v) is 5.96. The fourth-order valence-electron chi connectivity index (χ4n) is 1.74. The Labute approximate surface area is 135 Å². The van der Waals surface area contributed by atoms with Gasteiger partial charge in [0.1, 0.15) is 11.6 Å². The lowest BCUT2D eigenvalue weighted by Gasteiger charge is -2.23. The number of amides is 2. The molecule has 126 valence electrons. The van der Waals surface area contributed by atoms with Gasteiger partial charge in [-0.3, -0.25) is 4.79 Å². The smallest absolute Gasteiger partial charge is 0.408 e. The number of alkyl carbamates (subject to hydrolysis) is 1. The van der Waals surface area contributed by atoms with E-state index in [2.05, 4.69) is 5.32 Å². The van der Waals surface area contributed by atoms with E-state index in [0.29, 0.717) is 0 Å². The minimum absolute atomic E-state index is 0.206. The number of nitrogens with one attached hydrogen (secondary N) is 1. The van der Waals surface area contributed by atoms with Crippen LogP contribution in [0.2, 0.25) is 0 Å². The fraction of sp³-hybridized carbons (Fsp3) is 0.438. The normalized spacial score (nSPS) is 12.1. The van der Waals surface area contributed by atoms with Gasteiger partial charge in [-0.15, -0.1) is 0 Å². The summed E-state index contributed by atoms with van der Waals surface area (Å²) in [6.07, 6.45) is -0.535. The molecule has 0 unspecified atom stereocenters. The molecular weight excluding hydrogens is 300 g/mol. The Bertz CT molecular complexity index is 551. The molecule has 2 amide bonds. The summed E-state index contributed by atoms with van der Waals surface area (Å²) in [5.41, 5.74) is 5.08. The molecular formula is C16H22N2O5. The molecule has 0 fully saturated rings. The average molecular weight is 322 g/mol. The quantitative estimate of drug-likeness (QED) is 0.764. The van der Waals surface area contributed by atoms with E-state index in [1.54, 1.807) is 20.8 Å². The third-order valence-electron chi connectivity index (χ3n) is 2.61.